The lowest BCUT2D eigenvalue weighted by Crippen LogP contribution is -2.41. The van der Waals surface area contributed by atoms with Gasteiger partial charge in [-0.25, -0.2) is 14.9 Å². The number of thioether (sulfide) groups is 1. The molecule has 180 valence electrons. The molecule has 0 radical (unpaired) electrons. The normalized spacial score (nSPS) is 18.5. The summed E-state index contributed by atoms with van der Waals surface area (Å²) in [6.07, 6.45) is 0. The summed E-state index contributed by atoms with van der Waals surface area (Å²) < 4.78 is 11.2. The first kappa shape index (κ1) is 22.4. The molecular weight excluding hydrogens is 476 g/mol. The molecule has 3 aromatic rings. The number of nitrogens with zero attached hydrogens (tertiary/aromatic N) is 3. The van der Waals surface area contributed by atoms with Gasteiger partial charge >= 0.3 is 0 Å². The molecule has 36 heavy (non-hydrogen) atoms. The van der Waals surface area contributed by atoms with Crippen LogP contribution in [0.2, 0.25) is 0 Å². The number of hydrogen-bond donors (Lipinski definition) is 1. The van der Waals surface area contributed by atoms with E-state index in [0.29, 0.717) is 41.4 Å². The first-order chi connectivity index (χ1) is 17.6. The van der Waals surface area contributed by atoms with Crippen LogP contribution in [-0.4, -0.2) is 46.2 Å². The van der Waals surface area contributed by atoms with Gasteiger partial charge in [0.2, 0.25) is 5.91 Å². The average molecular weight is 499 g/mol. The third-order valence-corrected chi connectivity index (χ3v) is 7.10. The predicted octanol–water partition coefficient (Wildman–Crippen LogP) is 4.55. The van der Waals surface area contributed by atoms with E-state index in [0.717, 1.165) is 16.8 Å². The predicted molar refractivity (Wildman–Crippen MR) is 139 cm³/mol. The van der Waals surface area contributed by atoms with Gasteiger partial charge in [-0.2, -0.15) is 0 Å². The number of carbonyl (C=O) groups excluding carboxylic acids is 2. The number of fused-ring (bicyclic) bond motifs is 4. The molecule has 0 unspecified atom stereocenters. The van der Waals surface area contributed by atoms with E-state index in [1.165, 1.54) is 11.8 Å². The van der Waals surface area contributed by atoms with Crippen LogP contribution in [0.3, 0.4) is 0 Å². The van der Waals surface area contributed by atoms with Crippen LogP contribution in [0.25, 0.3) is 0 Å². The third kappa shape index (κ3) is 4.01. The topological polar surface area (TPSA) is 92.6 Å². The lowest BCUT2D eigenvalue weighted by atomic mass is 10.1. The average Bonchev–Trinajstić information content (AvgIpc) is 3.27. The largest absolute Gasteiger partial charge is 0.486 e. The summed E-state index contributed by atoms with van der Waals surface area (Å²) in [5, 5.41) is 2.82. The van der Waals surface area contributed by atoms with Crippen molar-refractivity contribution in [2.75, 3.05) is 18.5 Å². The Balaban J connectivity index is 1.25. The monoisotopic (exact) mass is 498 g/mol. The van der Waals surface area contributed by atoms with Crippen LogP contribution in [0.15, 0.2) is 82.8 Å². The van der Waals surface area contributed by atoms with Gasteiger partial charge < -0.3 is 14.8 Å². The van der Waals surface area contributed by atoms with E-state index in [1.807, 2.05) is 54.6 Å². The lowest BCUT2D eigenvalue weighted by molar-refractivity contribution is -0.124. The number of anilines is 1. The molecule has 0 bridgehead atoms. The Bertz CT molecular complexity index is 1420. The number of para-hydroxylation sites is 1. The number of ether oxygens (including phenoxy) is 2. The molecule has 0 aliphatic carbocycles. The number of amides is 2. The Morgan fingerprint density at radius 3 is 2.61 bits per heavy atom. The maximum Gasteiger partial charge on any atom is 0.263 e. The smallest absolute Gasteiger partial charge is 0.263 e. The molecule has 0 saturated heterocycles. The van der Waals surface area contributed by atoms with Crippen molar-refractivity contribution in [2.24, 2.45) is 9.98 Å². The molecule has 0 fully saturated rings. The number of hydrogen-bond acceptors (Lipinski definition) is 7. The van der Waals surface area contributed by atoms with Gasteiger partial charge in [0.25, 0.3) is 5.91 Å². The fraction of sp³-hybridized carbons (Fsp3) is 0.185. The minimum Gasteiger partial charge on any atom is -0.486 e. The second-order valence-corrected chi connectivity index (χ2v) is 9.77. The van der Waals surface area contributed by atoms with Gasteiger partial charge in [0, 0.05) is 17.3 Å². The van der Waals surface area contributed by atoms with Crippen molar-refractivity contribution in [2.45, 2.75) is 18.2 Å². The second kappa shape index (κ2) is 9.16. The Morgan fingerprint density at radius 1 is 1.03 bits per heavy atom. The zero-order chi connectivity index (χ0) is 24.6. The zero-order valence-electron chi connectivity index (χ0n) is 19.4. The summed E-state index contributed by atoms with van der Waals surface area (Å²) in [5.74, 6) is 1.41. The Labute approximate surface area is 212 Å². The fourth-order valence-electron chi connectivity index (χ4n) is 4.26. The minimum atomic E-state index is -0.653. The standard InChI is InChI=1S/C27H22N4O4S/c1-16(25(32)28-18-11-12-21-22(15-18)35-14-13-34-21)36-27-29-20-10-6-5-9-19(20)24-30-23(26(33)31(24)27)17-7-3-2-4-8-17/h2-12,15-16,23H,13-14H2,1H3,(H,28,32)/t16-,23-/m0/s1. The first-order valence-corrected chi connectivity index (χ1v) is 12.5. The minimum absolute atomic E-state index is 0.184. The van der Waals surface area contributed by atoms with Crippen LogP contribution < -0.4 is 14.8 Å². The van der Waals surface area contributed by atoms with E-state index in [1.54, 1.807) is 30.0 Å². The molecule has 0 spiro atoms. The number of nitrogens with one attached hydrogen (secondary N) is 1. The summed E-state index contributed by atoms with van der Waals surface area (Å²) >= 11 is 1.22. The molecule has 3 aliphatic heterocycles. The number of rotatable bonds is 4. The van der Waals surface area contributed by atoms with Gasteiger partial charge in [-0.1, -0.05) is 54.2 Å². The molecule has 8 nitrogen and oxygen atoms in total. The molecule has 6 rings (SSSR count). The highest BCUT2D eigenvalue weighted by atomic mass is 32.2. The van der Waals surface area contributed by atoms with Gasteiger partial charge in [0.1, 0.15) is 19.0 Å². The van der Waals surface area contributed by atoms with Crippen molar-refractivity contribution in [1.82, 2.24) is 4.90 Å². The molecule has 1 N–H and O–H groups in total. The third-order valence-electron chi connectivity index (χ3n) is 6.05. The summed E-state index contributed by atoms with van der Waals surface area (Å²) in [7, 11) is 0. The number of aliphatic imine (C=N–C) groups is 2. The van der Waals surface area contributed by atoms with Crippen LogP contribution in [0, 0.1) is 0 Å². The molecular formula is C27H22N4O4S. The van der Waals surface area contributed by atoms with Gasteiger partial charge in [0.05, 0.1) is 10.9 Å². The van der Waals surface area contributed by atoms with E-state index >= 15 is 0 Å². The van der Waals surface area contributed by atoms with Gasteiger partial charge in [-0.05, 0) is 36.8 Å². The van der Waals surface area contributed by atoms with Crippen LogP contribution in [-0.2, 0) is 9.59 Å². The fourth-order valence-corrected chi connectivity index (χ4v) is 5.17. The van der Waals surface area contributed by atoms with Crippen molar-refractivity contribution in [3.05, 3.63) is 83.9 Å². The van der Waals surface area contributed by atoms with Crippen molar-refractivity contribution in [1.29, 1.82) is 0 Å². The number of amidine groups is 2. The van der Waals surface area contributed by atoms with Crippen molar-refractivity contribution in [3.8, 4) is 11.5 Å². The van der Waals surface area contributed by atoms with E-state index in [9.17, 15) is 9.59 Å². The maximum atomic E-state index is 13.5. The van der Waals surface area contributed by atoms with Crippen LogP contribution in [0.4, 0.5) is 11.4 Å². The molecule has 9 heteroatoms. The summed E-state index contributed by atoms with van der Waals surface area (Å²) in [5.41, 5.74) is 2.94. The quantitative estimate of drug-likeness (QED) is 0.570. The molecule has 0 aromatic heterocycles. The van der Waals surface area contributed by atoms with Crippen LogP contribution >= 0.6 is 11.8 Å². The molecule has 2 atom stereocenters. The van der Waals surface area contributed by atoms with Crippen molar-refractivity contribution >= 4 is 46.0 Å². The summed E-state index contributed by atoms with van der Waals surface area (Å²) in [4.78, 5) is 37.7. The highest BCUT2D eigenvalue weighted by Crippen LogP contribution is 2.38. The van der Waals surface area contributed by atoms with Crippen molar-refractivity contribution in [3.63, 3.8) is 0 Å². The lowest BCUT2D eigenvalue weighted by Gasteiger charge is -2.27. The number of carbonyl (C=O) groups is 2. The Hall–Kier alpha value is -4.11. The van der Waals surface area contributed by atoms with Gasteiger partial charge in [-0.3, -0.25) is 9.59 Å². The Kier molecular flexibility index (Phi) is 5.69. The van der Waals surface area contributed by atoms with Gasteiger partial charge in [0.15, 0.2) is 22.7 Å². The van der Waals surface area contributed by atoms with Crippen LogP contribution in [0.1, 0.15) is 24.1 Å². The summed E-state index contributed by atoms with van der Waals surface area (Å²) in [6, 6.07) is 21.7. The number of benzene rings is 3. The first-order valence-electron chi connectivity index (χ1n) is 11.6. The SMILES string of the molecule is C[C@H](SC1=Nc2ccccc2C2=N[C@@H](c3ccccc3)C(=O)N12)C(=O)Nc1ccc2c(c1)OCCO2. The molecule has 3 aliphatic rings. The van der Waals surface area contributed by atoms with E-state index in [4.69, 9.17) is 19.5 Å². The highest BCUT2D eigenvalue weighted by Gasteiger charge is 2.42. The maximum absolute atomic E-state index is 13.5. The molecule has 0 saturated carbocycles. The Morgan fingerprint density at radius 2 is 1.78 bits per heavy atom. The van der Waals surface area contributed by atoms with Gasteiger partial charge in [-0.15, -0.1) is 0 Å². The van der Waals surface area contributed by atoms with Crippen molar-refractivity contribution < 1.29 is 19.1 Å². The van der Waals surface area contributed by atoms with E-state index in [2.05, 4.69) is 5.32 Å². The zero-order valence-corrected chi connectivity index (χ0v) is 20.2. The van der Waals surface area contributed by atoms with E-state index < -0.39 is 11.3 Å². The summed E-state index contributed by atoms with van der Waals surface area (Å²) in [6.45, 7) is 2.76. The molecule has 3 aromatic carbocycles. The van der Waals surface area contributed by atoms with E-state index in [-0.39, 0.29) is 11.8 Å². The molecule has 2 amide bonds. The van der Waals surface area contributed by atoms with Crippen LogP contribution in [0.5, 0.6) is 11.5 Å². The highest BCUT2D eigenvalue weighted by molar-refractivity contribution is 8.15. The second-order valence-electron chi connectivity index (χ2n) is 8.46. The molecule has 3 heterocycles.